The minimum atomic E-state index is -1.02. The molecule has 2 aliphatic rings. The Bertz CT molecular complexity index is 560. The summed E-state index contributed by atoms with van der Waals surface area (Å²) >= 11 is 9.57. The van der Waals surface area contributed by atoms with E-state index < -0.39 is 37.8 Å². The molecule has 0 saturated carbocycles. The first-order valence-electron chi connectivity index (χ1n) is 7.02. The first-order chi connectivity index (χ1) is 10.3. The third-order valence-electron chi connectivity index (χ3n) is 3.66. The van der Waals surface area contributed by atoms with Gasteiger partial charge in [-0.25, -0.2) is 4.79 Å². The normalized spacial score (nSPS) is 32.1. The molecule has 6 nitrogen and oxygen atoms in total. The van der Waals surface area contributed by atoms with Gasteiger partial charge in [-0.3, -0.25) is 9.59 Å². The smallest absolute Gasteiger partial charge is 0.333 e. The van der Waals surface area contributed by atoms with Crippen LogP contribution in [0.15, 0.2) is 0 Å². The average Bonchev–Trinajstić information content (AvgIpc) is 2.67. The number of carbonyl (C=O) groups is 3. The molecular weight excluding hydrogens is 457 g/mol. The number of hydrogen-bond acceptors (Lipinski definition) is 6. The Morgan fingerprint density at radius 3 is 2.43 bits per heavy atom. The number of carbonyl (C=O) groups excluding carboxylic acids is 3. The van der Waals surface area contributed by atoms with Gasteiger partial charge in [-0.15, -0.1) is 11.8 Å². The molecule has 0 bridgehead atoms. The zero-order valence-electron chi connectivity index (χ0n) is 13.5. The van der Waals surface area contributed by atoms with Gasteiger partial charge < -0.3 is 14.4 Å². The van der Waals surface area contributed by atoms with Gasteiger partial charge in [-0.1, -0.05) is 11.6 Å². The minimum absolute atomic E-state index is 0.276. The first-order valence-corrected chi connectivity index (χ1v) is 9.36. The number of halogens is 2. The van der Waals surface area contributed by atoms with Crippen molar-refractivity contribution in [1.82, 2.24) is 4.90 Å². The number of fused-ring (bicyclic) bond motifs is 1. The van der Waals surface area contributed by atoms with E-state index in [9.17, 15) is 14.4 Å². The molecule has 23 heavy (non-hydrogen) atoms. The summed E-state index contributed by atoms with van der Waals surface area (Å²) in [7, 11) is 0. The number of nitrogens with zero attached hydrogens (tertiary/aromatic N) is 1. The second-order valence-corrected chi connectivity index (χ2v) is 11.7. The highest BCUT2D eigenvalue weighted by molar-refractivity contribution is 14.1. The third kappa shape index (κ3) is 3.30. The molecule has 2 heterocycles. The van der Waals surface area contributed by atoms with Gasteiger partial charge in [-0.2, -0.15) is 0 Å². The topological polar surface area (TPSA) is 72.9 Å². The number of alkyl halides is 2. The minimum Gasteiger partial charge on any atom is -0.427 e. The van der Waals surface area contributed by atoms with Crippen molar-refractivity contribution < 1.29 is 23.9 Å². The predicted molar refractivity (Wildman–Crippen MR) is 95.2 cm³/mol. The summed E-state index contributed by atoms with van der Waals surface area (Å²) < 4.78 is 8.44. The highest BCUT2D eigenvalue weighted by Gasteiger charge is 2.70. The maximum atomic E-state index is 12.4. The van der Waals surface area contributed by atoms with Crippen LogP contribution in [0, 0.1) is 5.41 Å². The Labute approximate surface area is 158 Å². The standard InChI is InChI=1S/C14H19ClINO5S/c1-12(2,3)11(20)22-6-21-8(18)7-13(4,5)23-10-14(15,16)9(19)17(7)10/h7,10H,6H2,1-5H3/t7-,10+,14?/m0/s1. The zero-order chi connectivity index (χ0) is 17.8. The fourth-order valence-electron chi connectivity index (χ4n) is 2.40. The molecule has 0 radical (unpaired) electrons. The van der Waals surface area contributed by atoms with Crippen molar-refractivity contribution in [2.45, 2.75) is 53.7 Å². The number of esters is 2. The molecule has 0 aromatic rings. The van der Waals surface area contributed by atoms with E-state index in [0.29, 0.717) is 0 Å². The van der Waals surface area contributed by atoms with Gasteiger partial charge in [0.05, 0.1) is 5.41 Å². The molecule has 2 aliphatic heterocycles. The van der Waals surface area contributed by atoms with Crippen molar-refractivity contribution in [2.24, 2.45) is 5.41 Å². The number of amides is 1. The van der Waals surface area contributed by atoms with E-state index in [0.717, 1.165) is 0 Å². The lowest BCUT2D eigenvalue weighted by Crippen LogP contribution is -2.68. The van der Waals surface area contributed by atoms with E-state index in [1.165, 1.54) is 16.7 Å². The molecule has 0 aromatic carbocycles. The Balaban J connectivity index is 2.00. The lowest BCUT2D eigenvalue weighted by Gasteiger charge is -2.46. The van der Waals surface area contributed by atoms with Gasteiger partial charge in [0.15, 0.2) is 0 Å². The van der Waals surface area contributed by atoms with Crippen LogP contribution in [-0.4, -0.2) is 48.6 Å². The molecule has 0 aromatic heterocycles. The third-order valence-corrected chi connectivity index (χ3v) is 7.27. The van der Waals surface area contributed by atoms with Crippen LogP contribution in [-0.2, 0) is 23.9 Å². The maximum absolute atomic E-state index is 12.4. The lowest BCUT2D eigenvalue weighted by molar-refractivity contribution is -0.179. The lowest BCUT2D eigenvalue weighted by atomic mass is 9.97. The van der Waals surface area contributed by atoms with Crippen LogP contribution in [0.5, 0.6) is 0 Å². The zero-order valence-corrected chi connectivity index (χ0v) is 17.2. The van der Waals surface area contributed by atoms with Gasteiger partial charge in [0.25, 0.3) is 5.91 Å². The van der Waals surface area contributed by atoms with Gasteiger partial charge in [0.1, 0.15) is 11.4 Å². The van der Waals surface area contributed by atoms with Crippen molar-refractivity contribution >= 4 is 63.8 Å². The molecule has 2 saturated heterocycles. The fourth-order valence-corrected chi connectivity index (χ4v) is 5.19. The Hall–Kier alpha value is -0.220. The van der Waals surface area contributed by atoms with Crippen LogP contribution >= 0.6 is 46.0 Å². The monoisotopic (exact) mass is 475 g/mol. The van der Waals surface area contributed by atoms with Gasteiger partial charge >= 0.3 is 11.9 Å². The van der Waals surface area contributed by atoms with Crippen molar-refractivity contribution in [1.29, 1.82) is 0 Å². The van der Waals surface area contributed by atoms with Gasteiger partial charge in [-0.05, 0) is 57.2 Å². The molecule has 1 unspecified atom stereocenters. The number of thioether (sulfide) groups is 1. The van der Waals surface area contributed by atoms with E-state index in [-0.39, 0.29) is 11.3 Å². The molecule has 1 amide bonds. The van der Waals surface area contributed by atoms with Crippen molar-refractivity contribution in [2.75, 3.05) is 6.79 Å². The van der Waals surface area contributed by atoms with Crippen LogP contribution < -0.4 is 0 Å². The highest BCUT2D eigenvalue weighted by Crippen LogP contribution is 2.59. The number of ether oxygens (including phenoxy) is 2. The predicted octanol–water partition coefficient (Wildman–Crippen LogP) is 2.51. The van der Waals surface area contributed by atoms with E-state index in [2.05, 4.69) is 0 Å². The van der Waals surface area contributed by atoms with Crippen LogP contribution in [0.1, 0.15) is 34.6 Å². The Kier molecular flexibility index (Phi) is 4.94. The highest BCUT2D eigenvalue weighted by atomic mass is 127. The van der Waals surface area contributed by atoms with Gasteiger partial charge in [0, 0.05) is 4.75 Å². The quantitative estimate of drug-likeness (QED) is 0.205. The fraction of sp³-hybridized carbons (Fsp3) is 0.786. The van der Waals surface area contributed by atoms with E-state index >= 15 is 0 Å². The van der Waals surface area contributed by atoms with Crippen LogP contribution in [0.3, 0.4) is 0 Å². The molecule has 2 fully saturated rings. The van der Waals surface area contributed by atoms with Crippen LogP contribution in [0.4, 0.5) is 0 Å². The van der Waals surface area contributed by atoms with E-state index in [1.807, 2.05) is 36.4 Å². The summed E-state index contributed by atoms with van der Waals surface area (Å²) in [6.45, 7) is 8.38. The molecule has 3 atom stereocenters. The van der Waals surface area contributed by atoms with Gasteiger partial charge in [0.2, 0.25) is 9.67 Å². The Morgan fingerprint density at radius 1 is 1.35 bits per heavy atom. The number of β-lactam (4-membered cyclic amide) rings is 1. The summed E-state index contributed by atoms with van der Waals surface area (Å²) in [5, 5.41) is -0.276. The molecule has 0 aliphatic carbocycles. The number of rotatable bonds is 3. The van der Waals surface area contributed by atoms with Crippen molar-refractivity contribution in [3.05, 3.63) is 0 Å². The second kappa shape index (κ2) is 5.94. The summed E-state index contributed by atoms with van der Waals surface area (Å²) in [4.78, 5) is 37.6. The second-order valence-electron chi connectivity index (χ2n) is 7.07. The van der Waals surface area contributed by atoms with E-state index in [4.69, 9.17) is 21.1 Å². The molecule has 130 valence electrons. The largest absolute Gasteiger partial charge is 0.427 e. The molecule has 2 rings (SSSR count). The molecule has 0 spiro atoms. The molecular formula is C14H19ClINO5S. The van der Waals surface area contributed by atoms with E-state index in [1.54, 1.807) is 20.8 Å². The SMILES string of the molecule is CC(C)(C)C(=O)OCOC(=O)[C@@H]1N2C(=O)C(Cl)(I)[C@H]2SC1(C)C. The van der Waals surface area contributed by atoms with Crippen LogP contribution in [0.25, 0.3) is 0 Å². The first kappa shape index (κ1) is 19.1. The van der Waals surface area contributed by atoms with Crippen molar-refractivity contribution in [3.63, 3.8) is 0 Å². The van der Waals surface area contributed by atoms with Crippen molar-refractivity contribution in [3.8, 4) is 0 Å². The van der Waals surface area contributed by atoms with Crippen LogP contribution in [0.2, 0.25) is 0 Å². The maximum Gasteiger partial charge on any atom is 0.333 e. The summed E-state index contributed by atoms with van der Waals surface area (Å²) in [5.74, 6) is -1.35. The molecule has 9 heteroatoms. The Morgan fingerprint density at radius 2 is 1.91 bits per heavy atom. The average molecular weight is 476 g/mol. The molecule has 0 N–H and O–H groups in total. The number of hydrogen-bond donors (Lipinski definition) is 0. The summed E-state index contributed by atoms with van der Waals surface area (Å²) in [6.07, 6.45) is 0. The summed E-state index contributed by atoms with van der Waals surface area (Å²) in [5.41, 5.74) is -0.674. The summed E-state index contributed by atoms with van der Waals surface area (Å²) in [6, 6.07) is -0.750.